The van der Waals surface area contributed by atoms with E-state index in [2.05, 4.69) is 34.9 Å². The Hall–Kier alpha value is -3.39. The highest BCUT2D eigenvalue weighted by atomic mass is 16.5. The van der Waals surface area contributed by atoms with Crippen molar-refractivity contribution in [1.29, 1.82) is 0 Å². The Morgan fingerprint density at radius 3 is 2.29 bits per heavy atom. The van der Waals surface area contributed by atoms with Crippen molar-refractivity contribution in [3.63, 3.8) is 0 Å². The molecule has 0 bridgehead atoms. The smallest absolute Gasteiger partial charge is 0.407 e. The highest BCUT2D eigenvalue weighted by Crippen LogP contribution is 2.44. The molecule has 34 heavy (non-hydrogen) atoms. The van der Waals surface area contributed by atoms with Gasteiger partial charge >= 0.3 is 12.1 Å². The molecule has 3 N–H and O–H groups in total. The Morgan fingerprint density at radius 1 is 1.03 bits per heavy atom. The first-order valence-electron chi connectivity index (χ1n) is 11.6. The number of alkyl carbamates (subject to hydrolysis) is 1. The van der Waals surface area contributed by atoms with E-state index in [-0.39, 0.29) is 31.4 Å². The number of amides is 2. The monoisotopic (exact) mass is 466 g/mol. The quantitative estimate of drug-likeness (QED) is 0.523. The van der Waals surface area contributed by atoms with Crippen molar-refractivity contribution in [3.8, 4) is 11.1 Å². The number of carbonyl (C=O) groups is 3. The van der Waals surface area contributed by atoms with E-state index in [0.29, 0.717) is 12.8 Å². The normalized spacial score (nSPS) is 19.7. The lowest BCUT2D eigenvalue weighted by Crippen LogP contribution is -2.46. The first-order chi connectivity index (χ1) is 16.5. The average Bonchev–Trinajstić information content (AvgIpc) is 3.43. The number of rotatable bonds is 9. The Labute approximate surface area is 198 Å². The molecule has 4 rings (SSSR count). The van der Waals surface area contributed by atoms with Gasteiger partial charge in [0, 0.05) is 32.0 Å². The number of hydrogen-bond donors (Lipinski definition) is 3. The third-order valence-electron chi connectivity index (χ3n) is 6.76. The van der Waals surface area contributed by atoms with Crippen molar-refractivity contribution in [2.45, 2.75) is 43.7 Å². The van der Waals surface area contributed by atoms with Crippen LogP contribution < -0.4 is 10.6 Å². The lowest BCUT2D eigenvalue weighted by molar-refractivity contribution is -0.142. The van der Waals surface area contributed by atoms with Crippen LogP contribution in [0.5, 0.6) is 0 Å². The molecule has 2 amide bonds. The summed E-state index contributed by atoms with van der Waals surface area (Å²) in [5, 5.41) is 14.8. The maximum absolute atomic E-state index is 12.5. The summed E-state index contributed by atoms with van der Waals surface area (Å²) in [5.41, 5.74) is 4.60. The average molecular weight is 467 g/mol. The maximum Gasteiger partial charge on any atom is 0.407 e. The van der Waals surface area contributed by atoms with Crippen molar-refractivity contribution in [2.24, 2.45) is 5.92 Å². The predicted octanol–water partition coefficient (Wildman–Crippen LogP) is 3.30. The molecule has 8 nitrogen and oxygen atoms in total. The van der Waals surface area contributed by atoms with Crippen LogP contribution in [0.25, 0.3) is 11.1 Å². The highest BCUT2D eigenvalue weighted by Gasteiger charge is 2.35. The van der Waals surface area contributed by atoms with Gasteiger partial charge in [-0.2, -0.15) is 0 Å². The molecule has 2 aromatic carbocycles. The SMILES string of the molecule is COC(CCNC(=O)OCC1c2ccccc2-c2ccccc21)C(=O)NC1CCCC1C(=O)O. The predicted molar refractivity (Wildman–Crippen MR) is 125 cm³/mol. The minimum absolute atomic E-state index is 0.0238. The Kier molecular flexibility index (Phi) is 7.47. The Morgan fingerprint density at radius 2 is 1.68 bits per heavy atom. The van der Waals surface area contributed by atoms with Crippen molar-refractivity contribution in [2.75, 3.05) is 20.3 Å². The molecular formula is C26H30N2O6. The second kappa shape index (κ2) is 10.7. The molecule has 8 heteroatoms. The molecule has 0 aromatic heterocycles. The first kappa shape index (κ1) is 23.8. The van der Waals surface area contributed by atoms with Gasteiger partial charge in [0.15, 0.2) is 0 Å². The summed E-state index contributed by atoms with van der Waals surface area (Å²) in [4.78, 5) is 36.2. The van der Waals surface area contributed by atoms with Gasteiger partial charge in [-0.15, -0.1) is 0 Å². The lowest BCUT2D eigenvalue weighted by Gasteiger charge is -2.21. The molecule has 1 saturated carbocycles. The molecule has 180 valence electrons. The number of ether oxygens (including phenoxy) is 2. The molecule has 0 saturated heterocycles. The number of nitrogens with one attached hydrogen (secondary N) is 2. The fourth-order valence-corrected chi connectivity index (χ4v) is 5.01. The highest BCUT2D eigenvalue weighted by molar-refractivity contribution is 5.82. The van der Waals surface area contributed by atoms with E-state index < -0.39 is 30.1 Å². The van der Waals surface area contributed by atoms with Gasteiger partial charge in [0.25, 0.3) is 0 Å². The van der Waals surface area contributed by atoms with E-state index in [1.165, 1.54) is 7.11 Å². The number of fused-ring (bicyclic) bond motifs is 3. The van der Waals surface area contributed by atoms with Crippen LogP contribution in [0.2, 0.25) is 0 Å². The number of benzene rings is 2. The van der Waals surface area contributed by atoms with Crippen LogP contribution in [0.4, 0.5) is 4.79 Å². The minimum Gasteiger partial charge on any atom is -0.481 e. The molecule has 2 aromatic rings. The van der Waals surface area contributed by atoms with Crippen LogP contribution in [0.3, 0.4) is 0 Å². The van der Waals surface area contributed by atoms with Crippen LogP contribution >= 0.6 is 0 Å². The summed E-state index contributed by atoms with van der Waals surface area (Å²) in [6.45, 7) is 0.405. The van der Waals surface area contributed by atoms with E-state index in [1.807, 2.05) is 24.3 Å². The molecule has 3 atom stereocenters. The van der Waals surface area contributed by atoms with Gasteiger partial charge in [0.2, 0.25) is 5.91 Å². The number of aliphatic carboxylic acids is 1. The van der Waals surface area contributed by atoms with Gasteiger partial charge in [-0.1, -0.05) is 55.0 Å². The summed E-state index contributed by atoms with van der Waals surface area (Å²) >= 11 is 0. The second-order valence-electron chi connectivity index (χ2n) is 8.76. The van der Waals surface area contributed by atoms with Gasteiger partial charge in [-0.3, -0.25) is 9.59 Å². The zero-order valence-corrected chi connectivity index (χ0v) is 19.2. The number of carboxylic acid groups (broad SMARTS) is 1. The van der Waals surface area contributed by atoms with Gasteiger partial charge in [-0.25, -0.2) is 4.79 Å². The molecule has 2 aliphatic carbocycles. The largest absolute Gasteiger partial charge is 0.481 e. The fourth-order valence-electron chi connectivity index (χ4n) is 5.01. The van der Waals surface area contributed by atoms with Gasteiger partial charge < -0.3 is 25.2 Å². The van der Waals surface area contributed by atoms with E-state index in [1.54, 1.807) is 0 Å². The molecule has 0 aliphatic heterocycles. The van der Waals surface area contributed by atoms with E-state index in [0.717, 1.165) is 28.7 Å². The van der Waals surface area contributed by atoms with Gasteiger partial charge in [0.1, 0.15) is 12.7 Å². The minimum atomic E-state index is -0.895. The Balaban J connectivity index is 1.25. The summed E-state index contributed by atoms with van der Waals surface area (Å²) in [5.74, 6) is -1.85. The van der Waals surface area contributed by atoms with E-state index in [9.17, 15) is 19.5 Å². The molecule has 0 heterocycles. The molecule has 1 fully saturated rings. The third-order valence-corrected chi connectivity index (χ3v) is 6.76. The summed E-state index contributed by atoms with van der Waals surface area (Å²) in [6, 6.07) is 15.9. The van der Waals surface area contributed by atoms with Gasteiger partial charge in [-0.05, 0) is 35.1 Å². The molecule has 0 spiro atoms. The fraction of sp³-hybridized carbons (Fsp3) is 0.423. The van der Waals surface area contributed by atoms with Crippen LogP contribution in [0, 0.1) is 5.92 Å². The van der Waals surface area contributed by atoms with Crippen LogP contribution in [-0.4, -0.2) is 55.5 Å². The zero-order valence-electron chi connectivity index (χ0n) is 19.2. The summed E-state index contributed by atoms with van der Waals surface area (Å²) < 4.78 is 10.8. The second-order valence-corrected chi connectivity index (χ2v) is 8.76. The zero-order chi connectivity index (χ0) is 24.1. The van der Waals surface area contributed by atoms with E-state index >= 15 is 0 Å². The third kappa shape index (κ3) is 5.07. The Bertz CT molecular complexity index is 1010. The number of carbonyl (C=O) groups excluding carboxylic acids is 2. The summed E-state index contributed by atoms with van der Waals surface area (Å²) in [7, 11) is 1.42. The number of hydrogen-bond acceptors (Lipinski definition) is 5. The van der Waals surface area contributed by atoms with Crippen LogP contribution in [0.15, 0.2) is 48.5 Å². The lowest BCUT2D eigenvalue weighted by atomic mass is 9.98. The maximum atomic E-state index is 12.5. The first-order valence-corrected chi connectivity index (χ1v) is 11.6. The van der Waals surface area contributed by atoms with Crippen LogP contribution in [-0.2, 0) is 19.1 Å². The van der Waals surface area contributed by atoms with Crippen molar-refractivity contribution < 1.29 is 29.0 Å². The summed E-state index contributed by atoms with van der Waals surface area (Å²) in [6.07, 6.45) is 0.862. The molecular weight excluding hydrogens is 436 g/mol. The van der Waals surface area contributed by atoms with Gasteiger partial charge in [0.05, 0.1) is 5.92 Å². The van der Waals surface area contributed by atoms with Crippen molar-refractivity contribution in [3.05, 3.63) is 59.7 Å². The standard InChI is InChI=1S/C26H30N2O6/c1-33-23(24(29)28-22-12-6-11-20(22)25(30)31)13-14-27-26(32)34-15-21-18-9-4-2-7-16(18)17-8-3-5-10-19(17)21/h2-5,7-10,20-23H,6,11-15H2,1H3,(H,27,32)(H,28,29)(H,30,31). The van der Waals surface area contributed by atoms with E-state index in [4.69, 9.17) is 9.47 Å². The van der Waals surface area contributed by atoms with Crippen molar-refractivity contribution >= 4 is 18.0 Å². The molecule has 2 aliphatic rings. The number of methoxy groups -OCH3 is 1. The molecule has 3 unspecified atom stereocenters. The number of carboxylic acids is 1. The van der Waals surface area contributed by atoms with Crippen molar-refractivity contribution in [1.82, 2.24) is 10.6 Å². The molecule has 0 radical (unpaired) electrons. The van der Waals surface area contributed by atoms with Crippen LogP contribution in [0.1, 0.15) is 42.7 Å². The topological polar surface area (TPSA) is 114 Å².